The second-order valence-electron chi connectivity index (χ2n) is 4.83. The first-order valence-electron chi connectivity index (χ1n) is 6.14. The summed E-state index contributed by atoms with van der Waals surface area (Å²) in [5.41, 5.74) is 1.49. The highest BCUT2D eigenvalue weighted by molar-refractivity contribution is 6.32. The third kappa shape index (κ3) is 1.81. The SMILES string of the molecule is FC(F)(F)c1ccc2c(c1)oc1c3cc(Cl)ccc3[nH]c21. The molecule has 0 saturated carbocycles. The normalized spacial score (nSPS) is 12.8. The van der Waals surface area contributed by atoms with Gasteiger partial charge in [0.2, 0.25) is 0 Å². The van der Waals surface area contributed by atoms with Gasteiger partial charge in [0.05, 0.1) is 11.1 Å². The average molecular weight is 310 g/mol. The Morgan fingerprint density at radius 1 is 1.00 bits per heavy atom. The van der Waals surface area contributed by atoms with Crippen LogP contribution in [0.15, 0.2) is 40.8 Å². The van der Waals surface area contributed by atoms with Crippen LogP contribution in [-0.2, 0) is 6.18 Å². The number of alkyl halides is 3. The molecule has 4 aromatic rings. The van der Waals surface area contributed by atoms with Crippen molar-refractivity contribution in [1.29, 1.82) is 0 Å². The number of aromatic amines is 1. The van der Waals surface area contributed by atoms with Crippen LogP contribution in [0.3, 0.4) is 0 Å². The van der Waals surface area contributed by atoms with E-state index >= 15 is 0 Å². The maximum atomic E-state index is 12.7. The smallest absolute Gasteiger partial charge is 0.416 e. The van der Waals surface area contributed by atoms with Crippen LogP contribution in [0, 0.1) is 0 Å². The second-order valence-corrected chi connectivity index (χ2v) is 5.27. The van der Waals surface area contributed by atoms with Crippen molar-refractivity contribution >= 4 is 44.6 Å². The van der Waals surface area contributed by atoms with E-state index in [-0.39, 0.29) is 5.58 Å². The molecule has 0 radical (unpaired) electrons. The Morgan fingerprint density at radius 2 is 1.81 bits per heavy atom. The molecule has 2 heterocycles. The van der Waals surface area contributed by atoms with Crippen molar-refractivity contribution in [2.24, 2.45) is 0 Å². The topological polar surface area (TPSA) is 28.9 Å². The van der Waals surface area contributed by atoms with E-state index in [4.69, 9.17) is 16.0 Å². The van der Waals surface area contributed by atoms with Gasteiger partial charge in [0.25, 0.3) is 0 Å². The highest BCUT2D eigenvalue weighted by atomic mass is 35.5. The summed E-state index contributed by atoms with van der Waals surface area (Å²) in [5.74, 6) is 0. The maximum absolute atomic E-state index is 12.7. The first-order chi connectivity index (χ1) is 9.93. The molecule has 0 aliphatic rings. The molecule has 0 bridgehead atoms. The fraction of sp³-hybridized carbons (Fsp3) is 0.0667. The van der Waals surface area contributed by atoms with Gasteiger partial charge in [0.1, 0.15) is 5.58 Å². The summed E-state index contributed by atoms with van der Waals surface area (Å²) in [4.78, 5) is 3.15. The lowest BCUT2D eigenvalue weighted by atomic mass is 10.1. The minimum atomic E-state index is -4.39. The number of hydrogen-bond donors (Lipinski definition) is 1. The molecule has 2 aromatic carbocycles. The Bertz CT molecular complexity index is 997. The first kappa shape index (κ1) is 12.6. The molecule has 0 atom stereocenters. The zero-order chi connectivity index (χ0) is 14.8. The van der Waals surface area contributed by atoms with Crippen molar-refractivity contribution in [3.05, 3.63) is 47.0 Å². The fourth-order valence-corrected chi connectivity index (χ4v) is 2.71. The molecule has 0 spiro atoms. The monoisotopic (exact) mass is 309 g/mol. The number of rotatable bonds is 0. The summed E-state index contributed by atoms with van der Waals surface area (Å²) in [5, 5.41) is 1.91. The van der Waals surface area contributed by atoms with Crippen LogP contribution in [0.25, 0.3) is 33.0 Å². The molecule has 0 fully saturated rings. The molecule has 21 heavy (non-hydrogen) atoms. The summed E-state index contributed by atoms with van der Waals surface area (Å²) in [6.07, 6.45) is -4.39. The molecule has 106 valence electrons. The largest absolute Gasteiger partial charge is 0.454 e. The van der Waals surface area contributed by atoms with Gasteiger partial charge in [-0.3, -0.25) is 0 Å². The zero-order valence-electron chi connectivity index (χ0n) is 10.4. The van der Waals surface area contributed by atoms with E-state index in [2.05, 4.69) is 4.98 Å². The predicted molar refractivity (Wildman–Crippen MR) is 75.6 cm³/mol. The number of hydrogen-bond acceptors (Lipinski definition) is 1. The molecule has 0 unspecified atom stereocenters. The quantitative estimate of drug-likeness (QED) is 0.441. The van der Waals surface area contributed by atoms with Crippen LogP contribution in [0.4, 0.5) is 13.2 Å². The molecule has 4 rings (SSSR count). The van der Waals surface area contributed by atoms with E-state index in [0.717, 1.165) is 23.0 Å². The standard InChI is InChI=1S/C15H7ClF3NO/c16-8-2-4-11-10(6-8)14-13(20-11)9-3-1-7(15(17,18)19)5-12(9)21-14/h1-6,20H. The summed E-state index contributed by atoms with van der Waals surface area (Å²) >= 11 is 5.96. The van der Waals surface area contributed by atoms with Gasteiger partial charge in [0, 0.05) is 21.3 Å². The zero-order valence-corrected chi connectivity index (χ0v) is 11.1. The minimum Gasteiger partial charge on any atom is -0.454 e. The Balaban J connectivity index is 2.08. The van der Waals surface area contributed by atoms with Crippen molar-refractivity contribution in [3.8, 4) is 0 Å². The summed E-state index contributed by atoms with van der Waals surface area (Å²) in [7, 11) is 0. The van der Waals surface area contributed by atoms with E-state index in [1.54, 1.807) is 12.1 Å². The van der Waals surface area contributed by atoms with E-state index in [0.29, 0.717) is 21.5 Å². The summed E-state index contributed by atoms with van der Waals surface area (Å²) < 4.78 is 43.8. The number of halogens is 4. The molecule has 6 heteroatoms. The number of H-pyrrole nitrogens is 1. The van der Waals surface area contributed by atoms with Crippen LogP contribution in [-0.4, -0.2) is 4.98 Å². The van der Waals surface area contributed by atoms with Crippen LogP contribution in [0.5, 0.6) is 0 Å². The highest BCUT2D eigenvalue weighted by Crippen LogP contribution is 2.38. The van der Waals surface area contributed by atoms with Gasteiger partial charge in [-0.25, -0.2) is 0 Å². The Hall–Kier alpha value is -2.14. The van der Waals surface area contributed by atoms with Gasteiger partial charge in [-0.2, -0.15) is 13.2 Å². The molecule has 0 amide bonds. The Morgan fingerprint density at radius 3 is 2.57 bits per heavy atom. The highest BCUT2D eigenvalue weighted by Gasteiger charge is 2.31. The molecule has 2 nitrogen and oxygen atoms in total. The van der Waals surface area contributed by atoms with Crippen molar-refractivity contribution in [1.82, 2.24) is 4.98 Å². The van der Waals surface area contributed by atoms with Crippen LogP contribution in [0.2, 0.25) is 5.02 Å². The first-order valence-corrected chi connectivity index (χ1v) is 6.52. The number of aromatic nitrogens is 1. The number of benzene rings is 2. The van der Waals surface area contributed by atoms with Crippen molar-refractivity contribution in [2.45, 2.75) is 6.18 Å². The molecular weight excluding hydrogens is 303 g/mol. The lowest BCUT2D eigenvalue weighted by Crippen LogP contribution is -2.03. The molecule has 2 aromatic heterocycles. The van der Waals surface area contributed by atoms with Crippen molar-refractivity contribution in [3.63, 3.8) is 0 Å². The molecule has 1 N–H and O–H groups in total. The van der Waals surface area contributed by atoms with E-state index in [1.165, 1.54) is 6.07 Å². The molecule has 0 saturated heterocycles. The summed E-state index contributed by atoms with van der Waals surface area (Å²) in [6.45, 7) is 0. The third-order valence-electron chi connectivity index (χ3n) is 3.50. The van der Waals surface area contributed by atoms with Crippen LogP contribution < -0.4 is 0 Å². The fourth-order valence-electron chi connectivity index (χ4n) is 2.53. The van der Waals surface area contributed by atoms with Crippen LogP contribution >= 0.6 is 11.6 Å². The lowest BCUT2D eigenvalue weighted by Gasteiger charge is -2.05. The van der Waals surface area contributed by atoms with Gasteiger partial charge in [-0.1, -0.05) is 11.6 Å². The van der Waals surface area contributed by atoms with Gasteiger partial charge < -0.3 is 9.40 Å². The maximum Gasteiger partial charge on any atom is 0.416 e. The average Bonchev–Trinajstić information content (AvgIpc) is 2.93. The minimum absolute atomic E-state index is 0.202. The van der Waals surface area contributed by atoms with E-state index < -0.39 is 11.7 Å². The Labute approximate surface area is 121 Å². The van der Waals surface area contributed by atoms with Gasteiger partial charge in [-0.05, 0) is 36.4 Å². The van der Waals surface area contributed by atoms with Crippen molar-refractivity contribution < 1.29 is 17.6 Å². The predicted octanol–water partition coefficient (Wildman–Crippen LogP) is 5.74. The number of furan rings is 1. The summed E-state index contributed by atoms with van der Waals surface area (Å²) in [6, 6.07) is 8.76. The molecular formula is C15H7ClF3NO. The van der Waals surface area contributed by atoms with Gasteiger partial charge in [-0.15, -0.1) is 0 Å². The second kappa shape index (κ2) is 3.95. The van der Waals surface area contributed by atoms with E-state index in [9.17, 15) is 13.2 Å². The van der Waals surface area contributed by atoms with Crippen molar-refractivity contribution in [2.75, 3.05) is 0 Å². The molecule has 0 aliphatic heterocycles. The number of nitrogens with one attached hydrogen (secondary N) is 1. The number of fused-ring (bicyclic) bond motifs is 5. The van der Waals surface area contributed by atoms with E-state index in [1.807, 2.05) is 6.07 Å². The van der Waals surface area contributed by atoms with Gasteiger partial charge >= 0.3 is 6.18 Å². The Kier molecular flexibility index (Phi) is 2.37. The molecule has 0 aliphatic carbocycles. The van der Waals surface area contributed by atoms with Crippen LogP contribution in [0.1, 0.15) is 5.56 Å². The third-order valence-corrected chi connectivity index (χ3v) is 3.74. The lowest BCUT2D eigenvalue weighted by molar-refractivity contribution is -0.137. The van der Waals surface area contributed by atoms with Gasteiger partial charge in [0.15, 0.2) is 5.58 Å².